The van der Waals surface area contributed by atoms with Crippen molar-refractivity contribution in [2.24, 2.45) is 11.0 Å². The van der Waals surface area contributed by atoms with E-state index >= 15 is 0 Å². The summed E-state index contributed by atoms with van der Waals surface area (Å²) in [5.41, 5.74) is 5.00. The highest BCUT2D eigenvalue weighted by Crippen LogP contribution is 2.58. The standard InChI is InChI=1S/C25H23BrN2O3/c1-2-31-22-14-20(26)13-17(23(22)29)16-27-28-24(30)21-15-25(21,18-9-5-3-6-10-18)19-11-7-4-8-12-19/h3-14,16,21,29H,2,15H2,1H3,(H,28,30)/b27-16-/t21-/m1/s1. The zero-order valence-electron chi connectivity index (χ0n) is 17.1. The molecule has 0 aromatic heterocycles. The van der Waals surface area contributed by atoms with Crippen LogP contribution in [0.2, 0.25) is 0 Å². The van der Waals surface area contributed by atoms with E-state index in [1.807, 2.05) is 43.3 Å². The first kappa shape index (κ1) is 21.1. The van der Waals surface area contributed by atoms with E-state index < -0.39 is 0 Å². The van der Waals surface area contributed by atoms with E-state index in [0.717, 1.165) is 22.0 Å². The van der Waals surface area contributed by atoms with Gasteiger partial charge >= 0.3 is 0 Å². The van der Waals surface area contributed by atoms with E-state index in [0.29, 0.717) is 17.9 Å². The molecule has 1 aliphatic rings. The van der Waals surface area contributed by atoms with Crippen molar-refractivity contribution in [3.05, 3.63) is 94.0 Å². The highest BCUT2D eigenvalue weighted by Gasteiger charge is 2.60. The first-order chi connectivity index (χ1) is 15.1. The number of ether oxygens (including phenoxy) is 1. The molecule has 5 nitrogen and oxygen atoms in total. The van der Waals surface area contributed by atoms with Gasteiger partial charge in [-0.2, -0.15) is 5.10 Å². The van der Waals surface area contributed by atoms with Crippen LogP contribution in [0.5, 0.6) is 11.5 Å². The van der Waals surface area contributed by atoms with E-state index in [4.69, 9.17) is 4.74 Å². The van der Waals surface area contributed by atoms with Gasteiger partial charge < -0.3 is 9.84 Å². The van der Waals surface area contributed by atoms with Gasteiger partial charge in [0.25, 0.3) is 0 Å². The van der Waals surface area contributed by atoms with Crippen molar-refractivity contribution in [1.29, 1.82) is 0 Å². The lowest BCUT2D eigenvalue weighted by atomic mass is 9.85. The number of rotatable bonds is 7. The molecule has 0 spiro atoms. The lowest BCUT2D eigenvalue weighted by molar-refractivity contribution is -0.122. The Bertz CT molecular complexity index is 1060. The molecule has 1 atom stereocenters. The van der Waals surface area contributed by atoms with Crippen molar-refractivity contribution in [2.75, 3.05) is 6.61 Å². The molecule has 0 bridgehead atoms. The van der Waals surface area contributed by atoms with Crippen molar-refractivity contribution in [1.82, 2.24) is 5.43 Å². The molecule has 0 aliphatic heterocycles. The number of aromatic hydroxyl groups is 1. The van der Waals surface area contributed by atoms with Gasteiger partial charge in [-0.1, -0.05) is 76.6 Å². The molecule has 0 unspecified atom stereocenters. The Balaban J connectivity index is 1.53. The van der Waals surface area contributed by atoms with Crippen molar-refractivity contribution in [3.8, 4) is 11.5 Å². The molecular formula is C25H23BrN2O3. The molecule has 6 heteroatoms. The molecule has 3 aromatic rings. The van der Waals surface area contributed by atoms with Gasteiger partial charge in [-0.15, -0.1) is 0 Å². The zero-order chi connectivity index (χ0) is 21.8. The molecule has 1 amide bonds. The van der Waals surface area contributed by atoms with E-state index in [-0.39, 0.29) is 23.0 Å². The Labute approximate surface area is 189 Å². The van der Waals surface area contributed by atoms with E-state index in [1.54, 1.807) is 12.1 Å². The Morgan fingerprint density at radius 1 is 1.16 bits per heavy atom. The predicted octanol–water partition coefficient (Wildman–Crippen LogP) is 5.01. The van der Waals surface area contributed by atoms with Gasteiger partial charge in [-0.05, 0) is 36.6 Å². The number of hydrogen-bond acceptors (Lipinski definition) is 4. The van der Waals surface area contributed by atoms with Crippen molar-refractivity contribution in [3.63, 3.8) is 0 Å². The average Bonchev–Trinajstić information content (AvgIpc) is 3.55. The van der Waals surface area contributed by atoms with Crippen LogP contribution in [0.15, 0.2) is 82.4 Å². The van der Waals surface area contributed by atoms with Crippen molar-refractivity contribution < 1.29 is 14.6 Å². The molecule has 1 aliphatic carbocycles. The Morgan fingerprint density at radius 2 is 1.77 bits per heavy atom. The maximum Gasteiger partial charge on any atom is 0.244 e. The second kappa shape index (κ2) is 8.94. The van der Waals surface area contributed by atoms with Crippen LogP contribution in [-0.2, 0) is 10.2 Å². The predicted molar refractivity (Wildman–Crippen MR) is 124 cm³/mol. The fourth-order valence-electron chi connectivity index (χ4n) is 4.06. The van der Waals surface area contributed by atoms with Crippen molar-refractivity contribution in [2.45, 2.75) is 18.8 Å². The van der Waals surface area contributed by atoms with Crippen LogP contribution in [0.25, 0.3) is 0 Å². The van der Waals surface area contributed by atoms with Crippen LogP contribution in [0.1, 0.15) is 30.0 Å². The largest absolute Gasteiger partial charge is 0.504 e. The molecule has 1 saturated carbocycles. The van der Waals surface area contributed by atoms with Crippen LogP contribution in [0.3, 0.4) is 0 Å². The zero-order valence-corrected chi connectivity index (χ0v) is 18.7. The Hall–Kier alpha value is -3.12. The Morgan fingerprint density at radius 3 is 2.35 bits per heavy atom. The molecule has 158 valence electrons. The summed E-state index contributed by atoms with van der Waals surface area (Å²) in [5, 5.41) is 14.5. The van der Waals surface area contributed by atoms with Gasteiger partial charge in [0.2, 0.25) is 5.91 Å². The van der Waals surface area contributed by atoms with E-state index in [2.05, 4.69) is 50.7 Å². The van der Waals surface area contributed by atoms with Gasteiger partial charge in [0, 0.05) is 15.5 Å². The molecule has 4 rings (SSSR count). The fourth-order valence-corrected chi connectivity index (χ4v) is 4.51. The number of hydrogen-bond donors (Lipinski definition) is 2. The minimum atomic E-state index is -0.345. The monoisotopic (exact) mass is 478 g/mol. The molecule has 0 heterocycles. The smallest absolute Gasteiger partial charge is 0.244 e. The normalized spacial score (nSPS) is 16.8. The number of nitrogens with zero attached hydrogens (tertiary/aromatic N) is 1. The maximum atomic E-state index is 13.0. The minimum absolute atomic E-state index is 0.0163. The summed E-state index contributed by atoms with van der Waals surface area (Å²) < 4.78 is 6.18. The van der Waals surface area contributed by atoms with Crippen molar-refractivity contribution >= 4 is 28.1 Å². The average molecular weight is 479 g/mol. The quantitative estimate of drug-likeness (QED) is 0.370. The van der Waals surface area contributed by atoms with Gasteiger partial charge in [-0.3, -0.25) is 4.79 Å². The van der Waals surface area contributed by atoms with Crippen LogP contribution in [-0.4, -0.2) is 23.8 Å². The maximum absolute atomic E-state index is 13.0. The van der Waals surface area contributed by atoms with E-state index in [1.165, 1.54) is 6.21 Å². The van der Waals surface area contributed by atoms with Crippen LogP contribution in [0, 0.1) is 5.92 Å². The van der Waals surface area contributed by atoms with Crippen LogP contribution >= 0.6 is 15.9 Å². The number of hydrazone groups is 1. The second-order valence-electron chi connectivity index (χ2n) is 7.47. The first-order valence-corrected chi connectivity index (χ1v) is 10.9. The molecule has 0 radical (unpaired) electrons. The summed E-state index contributed by atoms with van der Waals surface area (Å²) in [6.45, 7) is 2.27. The summed E-state index contributed by atoms with van der Waals surface area (Å²) in [5.74, 6) is -0.0237. The lowest BCUT2D eigenvalue weighted by Crippen LogP contribution is -2.25. The van der Waals surface area contributed by atoms with Gasteiger partial charge in [0.1, 0.15) is 0 Å². The summed E-state index contributed by atoms with van der Waals surface area (Å²) in [6, 6.07) is 23.6. The summed E-state index contributed by atoms with van der Waals surface area (Å²) >= 11 is 3.40. The van der Waals surface area contributed by atoms with Gasteiger partial charge in [0.05, 0.1) is 18.7 Å². The topological polar surface area (TPSA) is 70.9 Å². The molecule has 2 N–H and O–H groups in total. The van der Waals surface area contributed by atoms with E-state index in [9.17, 15) is 9.90 Å². The van der Waals surface area contributed by atoms with Crippen LogP contribution in [0.4, 0.5) is 0 Å². The number of phenolic OH excluding ortho intramolecular Hbond substituents is 1. The summed E-state index contributed by atoms with van der Waals surface area (Å²) in [6.07, 6.45) is 2.15. The number of carbonyl (C=O) groups is 1. The number of halogens is 1. The van der Waals surface area contributed by atoms with Gasteiger partial charge in [0.15, 0.2) is 11.5 Å². The second-order valence-corrected chi connectivity index (χ2v) is 8.38. The van der Waals surface area contributed by atoms with Crippen LogP contribution < -0.4 is 10.2 Å². The Kier molecular flexibility index (Phi) is 6.09. The number of nitrogens with one attached hydrogen (secondary N) is 1. The lowest BCUT2D eigenvalue weighted by Gasteiger charge is -2.18. The first-order valence-electron chi connectivity index (χ1n) is 10.2. The summed E-state index contributed by atoms with van der Waals surface area (Å²) in [7, 11) is 0. The minimum Gasteiger partial charge on any atom is -0.504 e. The summed E-state index contributed by atoms with van der Waals surface area (Å²) in [4.78, 5) is 13.0. The number of benzene rings is 3. The third-order valence-electron chi connectivity index (χ3n) is 5.60. The molecule has 31 heavy (non-hydrogen) atoms. The number of carbonyl (C=O) groups excluding carboxylic acids is 1. The third-order valence-corrected chi connectivity index (χ3v) is 6.06. The SMILES string of the molecule is CCOc1cc(Br)cc(/C=N\NC(=O)[C@H]2CC2(c2ccccc2)c2ccccc2)c1O. The highest BCUT2D eigenvalue weighted by molar-refractivity contribution is 9.10. The third kappa shape index (κ3) is 4.21. The molecule has 0 saturated heterocycles. The molecule has 3 aromatic carbocycles. The number of phenols is 1. The highest BCUT2D eigenvalue weighted by atomic mass is 79.9. The molecular weight excluding hydrogens is 456 g/mol. The van der Waals surface area contributed by atoms with Gasteiger partial charge in [-0.25, -0.2) is 5.43 Å². The molecule has 1 fully saturated rings. The number of amides is 1. The fraction of sp³-hybridized carbons (Fsp3) is 0.200.